The normalized spacial score (nSPS) is 24.3. The van der Waals surface area contributed by atoms with Gasteiger partial charge in [-0.1, -0.05) is 30.3 Å². The second-order valence-corrected chi connectivity index (χ2v) is 3.73. The summed E-state index contributed by atoms with van der Waals surface area (Å²) in [7, 11) is 0. The van der Waals surface area contributed by atoms with Gasteiger partial charge in [-0.25, -0.2) is 0 Å². The van der Waals surface area contributed by atoms with Gasteiger partial charge in [0.2, 0.25) is 5.39 Å². The molecule has 1 aliphatic heterocycles. The van der Waals surface area contributed by atoms with Gasteiger partial charge < -0.3 is 19.3 Å². The van der Waals surface area contributed by atoms with E-state index in [9.17, 15) is 0 Å². The first-order valence-electron chi connectivity index (χ1n) is 5.47. The maximum Gasteiger partial charge on any atom is 0.429 e. The first kappa shape index (κ1) is 12.4. The number of hydrogen-bond donors (Lipinski definition) is 1. The van der Waals surface area contributed by atoms with Crippen LogP contribution in [0.3, 0.4) is 0 Å². The van der Waals surface area contributed by atoms with E-state index in [1.807, 2.05) is 30.3 Å². The molecule has 0 amide bonds. The highest BCUT2D eigenvalue weighted by Crippen LogP contribution is 2.23. The van der Waals surface area contributed by atoms with Gasteiger partial charge in [-0.2, -0.15) is 0 Å². The highest BCUT2D eigenvalue weighted by molar-refractivity contribution is 5.16. The molecule has 1 N–H and O–H groups in total. The van der Waals surface area contributed by atoms with Gasteiger partial charge in [-0.15, -0.1) is 0 Å². The summed E-state index contributed by atoms with van der Waals surface area (Å²) in [6, 6.07) is 9.55. The van der Waals surface area contributed by atoms with Crippen molar-refractivity contribution in [3.05, 3.63) is 53.0 Å². The fraction of sp³-hybridized carbons (Fsp3) is 0.333. The summed E-state index contributed by atoms with van der Waals surface area (Å²) in [5.74, 6) is -0.479. The van der Waals surface area contributed by atoms with Crippen molar-refractivity contribution >= 4 is 0 Å². The van der Waals surface area contributed by atoms with Crippen molar-refractivity contribution in [1.29, 1.82) is 5.39 Å². The molecule has 0 bridgehead atoms. The predicted molar refractivity (Wildman–Crippen MR) is 61.8 cm³/mol. The molecule has 1 saturated heterocycles. The number of rotatable bonds is 3. The van der Waals surface area contributed by atoms with Gasteiger partial charge in [0.25, 0.3) is 0 Å². The number of benzene rings is 1. The quantitative estimate of drug-likeness (QED) is 0.657. The maximum absolute atomic E-state index is 9.16. The van der Waals surface area contributed by atoms with E-state index in [4.69, 9.17) is 24.7 Å². The zero-order valence-electron chi connectivity index (χ0n) is 9.60. The average molecular weight is 249 g/mol. The lowest BCUT2D eigenvalue weighted by molar-refractivity contribution is -0.229. The number of hydrogen-bond acceptors (Lipinski definition) is 5. The van der Waals surface area contributed by atoms with E-state index in [0.717, 1.165) is 11.8 Å². The van der Waals surface area contributed by atoms with Gasteiger partial charge >= 0.3 is 12.1 Å². The fourth-order valence-corrected chi connectivity index (χ4v) is 1.61. The van der Waals surface area contributed by atoms with Crippen molar-refractivity contribution in [2.75, 3.05) is 13.2 Å². The van der Waals surface area contributed by atoms with E-state index >= 15 is 0 Å². The molecule has 0 aromatic heterocycles. The van der Waals surface area contributed by atoms with Gasteiger partial charge in [0, 0.05) is 5.56 Å². The number of nitrogens with zero attached hydrogens (tertiary/aromatic N) is 2. The molecule has 1 aliphatic rings. The largest absolute Gasteiger partial charge is 0.476 e. The van der Waals surface area contributed by atoms with Crippen molar-refractivity contribution < 1.29 is 19.3 Å². The zero-order valence-corrected chi connectivity index (χ0v) is 9.60. The van der Waals surface area contributed by atoms with Crippen LogP contribution in [0.15, 0.2) is 42.5 Å². The molecule has 2 rings (SSSR count). The van der Waals surface area contributed by atoms with Crippen molar-refractivity contribution in [3.63, 3.8) is 0 Å². The molecule has 6 nitrogen and oxygen atoms in total. The highest BCUT2D eigenvalue weighted by atomic mass is 16.7. The Kier molecular flexibility index (Phi) is 4.12. The van der Waals surface area contributed by atoms with Crippen molar-refractivity contribution in [2.45, 2.75) is 12.4 Å². The summed E-state index contributed by atoms with van der Waals surface area (Å²) < 4.78 is 16.0. The highest BCUT2D eigenvalue weighted by Gasteiger charge is 2.25. The monoisotopic (exact) mass is 249 g/mol. The third kappa shape index (κ3) is 3.20. The first-order valence-corrected chi connectivity index (χ1v) is 5.47. The lowest BCUT2D eigenvalue weighted by Crippen LogP contribution is -2.33. The Labute approximate surface area is 104 Å². The fourth-order valence-electron chi connectivity index (χ4n) is 1.61. The third-order valence-electron chi connectivity index (χ3n) is 2.39. The Bertz CT molecular complexity index is 447. The van der Waals surface area contributed by atoms with Crippen LogP contribution in [0.1, 0.15) is 11.9 Å². The van der Waals surface area contributed by atoms with E-state index in [2.05, 4.69) is 4.98 Å². The van der Waals surface area contributed by atoms with E-state index in [1.54, 1.807) is 0 Å². The molecule has 0 spiro atoms. The number of aliphatic hydroxyl groups is 1. The summed E-state index contributed by atoms with van der Waals surface area (Å²) in [4.78, 5) is 2.64. The Morgan fingerprint density at radius 1 is 1.33 bits per heavy atom. The zero-order chi connectivity index (χ0) is 12.8. The maximum atomic E-state index is 9.16. The molecule has 0 atom stereocenters. The first-order chi connectivity index (χ1) is 8.79. The minimum atomic E-state index is -0.479. The molecule has 18 heavy (non-hydrogen) atoms. The molecule has 1 aromatic rings. The molecule has 0 unspecified atom stereocenters. The molecular formula is C12H13N2O4+. The Hall–Kier alpha value is -2.10. The van der Waals surface area contributed by atoms with E-state index in [0.29, 0.717) is 0 Å². The van der Waals surface area contributed by atoms with E-state index in [-0.39, 0.29) is 13.2 Å². The molecule has 0 radical (unpaired) electrons. The number of ether oxygens (including phenoxy) is 3. The standard InChI is InChI=1S/C12H12N2O4/c13-14-6-11(15)18-10-7-16-12(17-8-10)9-4-2-1-3-5-9/h1-6,10,12H,7-8H2/p+1/b11-6+. The predicted octanol–water partition coefficient (Wildman–Crippen LogP) is 2.33. The minimum absolute atomic E-state index is 0.281. The average Bonchev–Trinajstić information content (AvgIpc) is 2.41. The van der Waals surface area contributed by atoms with Crippen LogP contribution < -0.4 is 0 Å². The van der Waals surface area contributed by atoms with Gasteiger partial charge in [0.05, 0.1) is 13.2 Å². The van der Waals surface area contributed by atoms with Gasteiger partial charge in [-0.05, 0) is 0 Å². The number of diazo groups is 1. The SMILES string of the molecule is N#[N+]/C=C(\O)OC1COC(c2ccccc2)OC1. The van der Waals surface area contributed by atoms with Crippen molar-refractivity contribution in [3.8, 4) is 0 Å². The molecule has 0 aliphatic carbocycles. The summed E-state index contributed by atoms with van der Waals surface area (Å²) in [5.41, 5.74) is 0.932. The van der Waals surface area contributed by atoms with Crippen LogP contribution in [0, 0.1) is 5.39 Å². The Morgan fingerprint density at radius 2 is 2.00 bits per heavy atom. The van der Waals surface area contributed by atoms with Crippen LogP contribution in [-0.4, -0.2) is 24.4 Å². The topological polar surface area (TPSA) is 76.1 Å². The Morgan fingerprint density at radius 3 is 2.61 bits per heavy atom. The van der Waals surface area contributed by atoms with Crippen LogP contribution in [-0.2, 0) is 14.2 Å². The van der Waals surface area contributed by atoms with Gasteiger partial charge in [0.1, 0.15) is 6.10 Å². The third-order valence-corrected chi connectivity index (χ3v) is 2.39. The molecule has 0 saturated carbocycles. The smallest absolute Gasteiger partial charge is 0.429 e. The lowest BCUT2D eigenvalue weighted by atomic mass is 10.2. The summed E-state index contributed by atoms with van der Waals surface area (Å²) >= 11 is 0. The molecule has 94 valence electrons. The second-order valence-electron chi connectivity index (χ2n) is 3.73. The van der Waals surface area contributed by atoms with E-state index in [1.165, 1.54) is 0 Å². The van der Waals surface area contributed by atoms with Gasteiger partial charge in [-0.3, -0.25) is 0 Å². The summed E-state index contributed by atoms with van der Waals surface area (Å²) in [6.07, 6.45) is -0.0498. The number of aliphatic hydroxyl groups excluding tert-OH is 1. The Balaban J connectivity index is 1.86. The van der Waals surface area contributed by atoms with Crippen LogP contribution in [0.5, 0.6) is 0 Å². The molecule has 1 heterocycles. The summed E-state index contributed by atoms with van der Waals surface area (Å²) in [6.45, 7) is 0.561. The lowest BCUT2D eigenvalue weighted by Gasteiger charge is -2.29. The second kappa shape index (κ2) is 6.00. The minimum Gasteiger partial charge on any atom is -0.476 e. The van der Waals surface area contributed by atoms with Crippen molar-refractivity contribution in [2.24, 2.45) is 0 Å². The van der Waals surface area contributed by atoms with E-state index < -0.39 is 18.3 Å². The molecular weight excluding hydrogens is 236 g/mol. The molecule has 1 aromatic carbocycles. The van der Waals surface area contributed by atoms with Crippen LogP contribution in [0.25, 0.3) is 4.98 Å². The van der Waals surface area contributed by atoms with Crippen molar-refractivity contribution in [1.82, 2.24) is 0 Å². The molecule has 6 heteroatoms. The van der Waals surface area contributed by atoms with Crippen LogP contribution in [0.2, 0.25) is 0 Å². The van der Waals surface area contributed by atoms with Crippen LogP contribution >= 0.6 is 0 Å². The van der Waals surface area contributed by atoms with Gasteiger partial charge in [0.15, 0.2) is 11.3 Å². The summed E-state index contributed by atoms with van der Waals surface area (Å²) in [5, 5.41) is 17.4. The molecule has 1 fully saturated rings. The van der Waals surface area contributed by atoms with Crippen LogP contribution in [0.4, 0.5) is 0 Å².